The van der Waals surface area contributed by atoms with Crippen LogP contribution in [0, 0.1) is 5.82 Å². The highest BCUT2D eigenvalue weighted by Gasteiger charge is 2.08. The summed E-state index contributed by atoms with van der Waals surface area (Å²) in [5, 5.41) is 0.485. The summed E-state index contributed by atoms with van der Waals surface area (Å²) < 4.78 is 12.9. The number of nitrogens with two attached hydrogens (primary N) is 1. The highest BCUT2D eigenvalue weighted by molar-refractivity contribution is 6.31. The van der Waals surface area contributed by atoms with Crippen LogP contribution >= 0.6 is 11.6 Å². The Balaban J connectivity index is 2.21. The van der Waals surface area contributed by atoms with Crippen LogP contribution in [0.15, 0.2) is 18.2 Å². The van der Waals surface area contributed by atoms with Crippen molar-refractivity contribution in [1.82, 2.24) is 0 Å². The molecule has 0 saturated heterocycles. The molecule has 2 N–H and O–H groups in total. The molecule has 0 amide bonds. The van der Waals surface area contributed by atoms with Gasteiger partial charge in [-0.2, -0.15) is 0 Å². The summed E-state index contributed by atoms with van der Waals surface area (Å²) in [7, 11) is 0. The number of benzene rings is 1. The second-order valence-electron chi connectivity index (χ2n) is 5.26. The molecule has 0 aliphatic rings. The predicted octanol–water partition coefficient (Wildman–Crippen LogP) is 5.10. The third-order valence-electron chi connectivity index (χ3n) is 3.43. The Morgan fingerprint density at radius 3 is 2.53 bits per heavy atom. The molecule has 0 saturated carbocycles. The van der Waals surface area contributed by atoms with E-state index in [4.69, 9.17) is 17.3 Å². The summed E-state index contributed by atoms with van der Waals surface area (Å²) in [6.07, 6.45) is 9.41. The molecule has 1 unspecified atom stereocenters. The number of hydrogen-bond acceptors (Lipinski definition) is 1. The van der Waals surface area contributed by atoms with Crippen LogP contribution in [0.1, 0.15) is 57.4 Å². The molecule has 0 spiro atoms. The minimum atomic E-state index is -0.293. The average molecular weight is 286 g/mol. The van der Waals surface area contributed by atoms with E-state index in [0.717, 1.165) is 18.4 Å². The van der Waals surface area contributed by atoms with Gasteiger partial charge in [0.1, 0.15) is 5.82 Å². The van der Waals surface area contributed by atoms with E-state index in [9.17, 15) is 4.39 Å². The van der Waals surface area contributed by atoms with Crippen LogP contribution in [0.2, 0.25) is 5.02 Å². The molecule has 1 nitrogen and oxygen atoms in total. The van der Waals surface area contributed by atoms with Crippen LogP contribution in [0.4, 0.5) is 4.39 Å². The zero-order valence-electron chi connectivity index (χ0n) is 11.8. The van der Waals surface area contributed by atoms with Gasteiger partial charge in [0, 0.05) is 11.1 Å². The smallest absolute Gasteiger partial charge is 0.124 e. The Labute approximate surface area is 121 Å². The molecule has 1 rings (SSSR count). The Kier molecular flexibility index (Phi) is 8.08. The molecule has 0 aliphatic heterocycles. The van der Waals surface area contributed by atoms with Crippen LogP contribution in [0.25, 0.3) is 0 Å². The van der Waals surface area contributed by atoms with Gasteiger partial charge in [0.05, 0.1) is 0 Å². The molecular weight excluding hydrogens is 261 g/mol. The number of unbranched alkanes of at least 4 members (excludes halogenated alkanes) is 5. The SMILES string of the molecule is CCCCCCCCC(N)Cc1ccc(F)cc1Cl. The maximum atomic E-state index is 12.9. The Bertz CT molecular complexity index is 368. The van der Waals surface area contributed by atoms with Crippen molar-refractivity contribution in [3.05, 3.63) is 34.6 Å². The molecule has 0 heterocycles. The first-order valence-corrected chi connectivity index (χ1v) is 7.70. The van der Waals surface area contributed by atoms with Crippen LogP contribution in [0.3, 0.4) is 0 Å². The topological polar surface area (TPSA) is 26.0 Å². The van der Waals surface area contributed by atoms with Gasteiger partial charge in [0.2, 0.25) is 0 Å². The second-order valence-corrected chi connectivity index (χ2v) is 5.66. The molecule has 19 heavy (non-hydrogen) atoms. The van der Waals surface area contributed by atoms with Gasteiger partial charge in [0.25, 0.3) is 0 Å². The van der Waals surface area contributed by atoms with Crippen LogP contribution < -0.4 is 5.73 Å². The monoisotopic (exact) mass is 285 g/mol. The highest BCUT2D eigenvalue weighted by Crippen LogP contribution is 2.19. The van der Waals surface area contributed by atoms with Crippen molar-refractivity contribution in [2.45, 2.75) is 64.3 Å². The van der Waals surface area contributed by atoms with E-state index in [1.54, 1.807) is 6.07 Å². The van der Waals surface area contributed by atoms with E-state index in [0.29, 0.717) is 5.02 Å². The summed E-state index contributed by atoms with van der Waals surface area (Å²) >= 11 is 6.00. The summed E-state index contributed by atoms with van der Waals surface area (Å²) in [6.45, 7) is 2.22. The van der Waals surface area contributed by atoms with Crippen molar-refractivity contribution in [2.75, 3.05) is 0 Å². The van der Waals surface area contributed by atoms with Crippen LogP contribution in [-0.4, -0.2) is 6.04 Å². The minimum absolute atomic E-state index is 0.120. The fourth-order valence-electron chi connectivity index (χ4n) is 2.26. The molecule has 0 fully saturated rings. The first-order valence-electron chi connectivity index (χ1n) is 7.33. The quantitative estimate of drug-likeness (QED) is 0.628. The third-order valence-corrected chi connectivity index (χ3v) is 3.78. The third kappa shape index (κ3) is 6.93. The largest absolute Gasteiger partial charge is 0.327 e. The number of rotatable bonds is 9. The molecule has 1 aromatic carbocycles. The molecule has 0 aliphatic carbocycles. The first-order chi connectivity index (χ1) is 9.13. The Morgan fingerprint density at radius 2 is 1.84 bits per heavy atom. The summed E-state index contributed by atoms with van der Waals surface area (Å²) in [5.41, 5.74) is 7.05. The van der Waals surface area contributed by atoms with Crippen molar-refractivity contribution in [3.63, 3.8) is 0 Å². The molecule has 108 valence electrons. The van der Waals surface area contributed by atoms with E-state index >= 15 is 0 Å². The molecular formula is C16H25ClFN. The maximum absolute atomic E-state index is 12.9. The molecule has 0 aromatic heterocycles. The van der Waals surface area contributed by atoms with Gasteiger partial charge < -0.3 is 5.73 Å². The molecule has 0 radical (unpaired) electrons. The predicted molar refractivity (Wildman–Crippen MR) is 81.1 cm³/mol. The fraction of sp³-hybridized carbons (Fsp3) is 0.625. The minimum Gasteiger partial charge on any atom is -0.327 e. The van der Waals surface area contributed by atoms with Gasteiger partial charge in [0.15, 0.2) is 0 Å². The van der Waals surface area contributed by atoms with Crippen molar-refractivity contribution < 1.29 is 4.39 Å². The lowest BCUT2D eigenvalue weighted by atomic mass is 10.0. The van der Waals surface area contributed by atoms with E-state index in [1.165, 1.54) is 50.7 Å². The van der Waals surface area contributed by atoms with Crippen molar-refractivity contribution in [1.29, 1.82) is 0 Å². The Morgan fingerprint density at radius 1 is 1.16 bits per heavy atom. The highest BCUT2D eigenvalue weighted by atomic mass is 35.5. The van der Waals surface area contributed by atoms with Crippen LogP contribution in [0.5, 0.6) is 0 Å². The van der Waals surface area contributed by atoms with E-state index < -0.39 is 0 Å². The van der Waals surface area contributed by atoms with Gasteiger partial charge in [-0.3, -0.25) is 0 Å². The lowest BCUT2D eigenvalue weighted by Gasteiger charge is -2.12. The lowest BCUT2D eigenvalue weighted by molar-refractivity contribution is 0.532. The molecule has 1 aromatic rings. The van der Waals surface area contributed by atoms with Gasteiger partial charge in [-0.05, 0) is 30.5 Å². The zero-order chi connectivity index (χ0) is 14.1. The molecule has 3 heteroatoms. The normalized spacial score (nSPS) is 12.6. The lowest BCUT2D eigenvalue weighted by Crippen LogP contribution is -2.22. The zero-order valence-corrected chi connectivity index (χ0v) is 12.6. The van der Waals surface area contributed by atoms with Gasteiger partial charge in [-0.1, -0.05) is 63.1 Å². The maximum Gasteiger partial charge on any atom is 0.124 e. The Hall–Kier alpha value is -0.600. The fourth-order valence-corrected chi connectivity index (χ4v) is 2.50. The number of halogens is 2. The standard InChI is InChI=1S/C16H25ClFN/c1-2-3-4-5-6-7-8-15(19)11-13-9-10-14(18)12-16(13)17/h9-10,12,15H,2-8,11,19H2,1H3. The van der Waals surface area contributed by atoms with Crippen molar-refractivity contribution >= 4 is 11.6 Å². The van der Waals surface area contributed by atoms with Gasteiger partial charge >= 0.3 is 0 Å². The average Bonchev–Trinajstić information content (AvgIpc) is 2.37. The number of hydrogen-bond donors (Lipinski definition) is 1. The summed E-state index contributed by atoms with van der Waals surface area (Å²) in [6, 6.07) is 4.65. The van der Waals surface area contributed by atoms with Crippen LogP contribution in [-0.2, 0) is 6.42 Å². The summed E-state index contributed by atoms with van der Waals surface area (Å²) in [5.74, 6) is -0.293. The summed E-state index contributed by atoms with van der Waals surface area (Å²) in [4.78, 5) is 0. The first kappa shape index (κ1) is 16.5. The van der Waals surface area contributed by atoms with E-state index in [-0.39, 0.29) is 11.9 Å². The van der Waals surface area contributed by atoms with E-state index in [1.807, 2.05) is 0 Å². The molecule has 1 atom stereocenters. The van der Waals surface area contributed by atoms with Gasteiger partial charge in [-0.25, -0.2) is 4.39 Å². The van der Waals surface area contributed by atoms with Crippen molar-refractivity contribution in [2.24, 2.45) is 5.73 Å². The second kappa shape index (κ2) is 9.33. The molecule has 0 bridgehead atoms. The van der Waals surface area contributed by atoms with Crippen molar-refractivity contribution in [3.8, 4) is 0 Å². The van der Waals surface area contributed by atoms with E-state index in [2.05, 4.69) is 6.92 Å². The van der Waals surface area contributed by atoms with Gasteiger partial charge in [-0.15, -0.1) is 0 Å².